The highest BCUT2D eigenvalue weighted by molar-refractivity contribution is 7.99. The SMILES string of the molecule is COC(=O)/C(=C\C=C\N1CCN(/C=C/C=C(/SOOc2ccccc2)C(=O)OC)CC1)Cc1ccccc1. The van der Waals surface area contributed by atoms with Crippen LogP contribution < -0.4 is 4.89 Å². The van der Waals surface area contributed by atoms with E-state index < -0.39 is 5.97 Å². The lowest BCUT2D eigenvalue weighted by Crippen LogP contribution is -2.41. The summed E-state index contributed by atoms with van der Waals surface area (Å²) in [5.41, 5.74) is 1.65. The van der Waals surface area contributed by atoms with Gasteiger partial charge in [-0.15, -0.1) is 4.33 Å². The molecule has 200 valence electrons. The molecule has 1 aliphatic heterocycles. The van der Waals surface area contributed by atoms with E-state index in [0.717, 1.165) is 43.8 Å². The lowest BCUT2D eigenvalue weighted by molar-refractivity contribution is -0.136. The zero-order valence-corrected chi connectivity index (χ0v) is 22.3. The smallest absolute Gasteiger partial charge is 0.346 e. The maximum absolute atomic E-state index is 12.2. The number of carbonyl (C=O) groups excluding carboxylic acids is 2. The van der Waals surface area contributed by atoms with Gasteiger partial charge in [0, 0.05) is 38.2 Å². The molecule has 0 spiro atoms. The molecule has 3 rings (SSSR count). The largest absolute Gasteiger partial charge is 0.466 e. The van der Waals surface area contributed by atoms with E-state index in [9.17, 15) is 9.59 Å². The summed E-state index contributed by atoms with van der Waals surface area (Å²) in [7, 11) is 2.71. The van der Waals surface area contributed by atoms with E-state index >= 15 is 0 Å². The van der Waals surface area contributed by atoms with Crippen LogP contribution in [0.2, 0.25) is 0 Å². The van der Waals surface area contributed by atoms with Gasteiger partial charge in [0.05, 0.1) is 26.3 Å². The predicted octanol–water partition coefficient (Wildman–Crippen LogP) is 4.69. The van der Waals surface area contributed by atoms with Crippen molar-refractivity contribution >= 4 is 24.0 Å². The van der Waals surface area contributed by atoms with E-state index in [-0.39, 0.29) is 10.9 Å². The quantitative estimate of drug-likeness (QED) is 0.0959. The number of hydrogen-bond acceptors (Lipinski definition) is 9. The number of rotatable bonds is 12. The molecule has 1 fully saturated rings. The van der Waals surface area contributed by atoms with Crippen LogP contribution in [0.15, 0.2) is 108 Å². The molecule has 1 heterocycles. The maximum Gasteiger partial charge on any atom is 0.346 e. The Morgan fingerprint density at radius 1 is 0.789 bits per heavy atom. The van der Waals surface area contributed by atoms with E-state index in [1.54, 1.807) is 24.3 Å². The summed E-state index contributed by atoms with van der Waals surface area (Å²) in [6.07, 6.45) is 11.5. The van der Waals surface area contributed by atoms with Crippen molar-refractivity contribution in [2.24, 2.45) is 0 Å². The first kappa shape index (κ1) is 28.6. The number of methoxy groups -OCH3 is 2. The molecule has 1 saturated heterocycles. The Morgan fingerprint density at radius 2 is 1.34 bits per heavy atom. The van der Waals surface area contributed by atoms with Crippen LogP contribution in [0.3, 0.4) is 0 Å². The third kappa shape index (κ3) is 9.84. The number of allylic oxidation sites excluding steroid dienone is 4. The van der Waals surface area contributed by atoms with Crippen LogP contribution in [0.25, 0.3) is 0 Å². The minimum Gasteiger partial charge on any atom is -0.466 e. The van der Waals surface area contributed by atoms with Gasteiger partial charge in [0.15, 0.2) is 5.75 Å². The van der Waals surface area contributed by atoms with Crippen LogP contribution in [-0.4, -0.2) is 62.1 Å². The van der Waals surface area contributed by atoms with Gasteiger partial charge in [0.2, 0.25) is 0 Å². The van der Waals surface area contributed by atoms with Gasteiger partial charge < -0.3 is 24.2 Å². The maximum atomic E-state index is 12.2. The lowest BCUT2D eigenvalue weighted by atomic mass is 10.1. The van der Waals surface area contributed by atoms with Crippen molar-refractivity contribution < 1.29 is 28.3 Å². The third-order valence-electron chi connectivity index (χ3n) is 5.56. The number of para-hydroxylation sites is 1. The van der Waals surface area contributed by atoms with Gasteiger partial charge in [-0.05, 0) is 48.3 Å². The van der Waals surface area contributed by atoms with E-state index in [1.165, 1.54) is 14.2 Å². The van der Waals surface area contributed by atoms with Crippen molar-refractivity contribution in [1.29, 1.82) is 0 Å². The fourth-order valence-corrected chi connectivity index (χ4v) is 3.99. The second-order valence-corrected chi connectivity index (χ2v) is 8.91. The Kier molecular flexibility index (Phi) is 12.1. The Bertz CT molecular complexity index is 1140. The molecule has 9 heteroatoms. The number of nitrogens with zero attached hydrogens (tertiary/aromatic N) is 2. The van der Waals surface area contributed by atoms with E-state index in [2.05, 4.69) is 9.80 Å². The van der Waals surface area contributed by atoms with Crippen molar-refractivity contribution in [1.82, 2.24) is 9.80 Å². The molecule has 0 aliphatic carbocycles. The van der Waals surface area contributed by atoms with Gasteiger partial charge in [-0.3, -0.25) is 0 Å². The normalized spacial score (nSPS) is 14.7. The average molecular weight is 537 g/mol. The van der Waals surface area contributed by atoms with Crippen LogP contribution >= 0.6 is 12.0 Å². The molecule has 0 unspecified atom stereocenters. The zero-order valence-electron chi connectivity index (χ0n) is 21.5. The minimum atomic E-state index is -0.516. The molecule has 38 heavy (non-hydrogen) atoms. The lowest BCUT2D eigenvalue weighted by Gasteiger charge is -2.33. The minimum absolute atomic E-state index is 0.255. The van der Waals surface area contributed by atoms with E-state index in [0.29, 0.717) is 17.7 Å². The molecule has 1 aliphatic rings. The molecule has 0 saturated carbocycles. The van der Waals surface area contributed by atoms with E-state index in [4.69, 9.17) is 18.7 Å². The fraction of sp³-hybridized carbons (Fsp3) is 0.241. The predicted molar refractivity (Wildman–Crippen MR) is 148 cm³/mol. The molecule has 0 atom stereocenters. The summed E-state index contributed by atoms with van der Waals surface area (Å²) in [4.78, 5) is 34.0. The number of carbonyl (C=O) groups is 2. The standard InChI is InChI=1S/C29H32N2O6S/c1-34-28(32)25(23-24-11-5-3-6-12-24)13-9-17-30-19-21-31(22-20-30)18-10-16-27(29(33)35-2)38-37-36-26-14-7-4-8-15-26/h3-18H,19-23H2,1-2H3/b17-9+,18-10+,25-13-,27-16+. The van der Waals surface area contributed by atoms with Gasteiger partial charge in [0.1, 0.15) is 4.91 Å². The van der Waals surface area contributed by atoms with Crippen LogP contribution in [-0.2, 0) is 29.8 Å². The van der Waals surface area contributed by atoms with Crippen LogP contribution in [0.1, 0.15) is 5.56 Å². The third-order valence-corrected chi connectivity index (χ3v) is 6.17. The van der Waals surface area contributed by atoms with Gasteiger partial charge in [-0.1, -0.05) is 54.6 Å². The number of hydrogen-bond donors (Lipinski definition) is 0. The van der Waals surface area contributed by atoms with Crippen LogP contribution in [0.4, 0.5) is 0 Å². The monoisotopic (exact) mass is 536 g/mol. The summed E-state index contributed by atoms with van der Waals surface area (Å²) >= 11 is 0.790. The average Bonchev–Trinajstić information content (AvgIpc) is 2.97. The molecule has 0 radical (unpaired) electrons. The molecular formula is C29H32N2O6S. The molecule has 0 aromatic heterocycles. The molecular weight excluding hydrogens is 504 g/mol. The molecule has 8 nitrogen and oxygen atoms in total. The Morgan fingerprint density at radius 3 is 1.92 bits per heavy atom. The molecule has 0 bridgehead atoms. The number of piperazine rings is 1. The number of benzene rings is 2. The molecule has 0 N–H and O–H groups in total. The van der Waals surface area contributed by atoms with Gasteiger partial charge in [0.25, 0.3) is 0 Å². The zero-order chi connectivity index (χ0) is 27.0. The summed E-state index contributed by atoms with van der Waals surface area (Å²) in [5.74, 6) is -0.319. The second kappa shape index (κ2) is 16.0. The number of ether oxygens (including phenoxy) is 2. The first-order valence-corrected chi connectivity index (χ1v) is 12.8. The highest BCUT2D eigenvalue weighted by atomic mass is 32.2. The summed E-state index contributed by atoms with van der Waals surface area (Å²) in [6, 6.07) is 18.8. The Hall–Kier alpha value is -3.95. The topological polar surface area (TPSA) is 77.5 Å². The second-order valence-electron chi connectivity index (χ2n) is 8.17. The Balaban J connectivity index is 1.48. The molecule has 0 amide bonds. The van der Waals surface area contributed by atoms with Gasteiger partial charge >= 0.3 is 11.9 Å². The van der Waals surface area contributed by atoms with Crippen molar-refractivity contribution in [2.45, 2.75) is 6.42 Å². The fourth-order valence-electron chi connectivity index (χ4n) is 3.51. The van der Waals surface area contributed by atoms with Gasteiger partial charge in [-0.2, -0.15) is 0 Å². The molecule has 2 aromatic rings. The summed E-state index contributed by atoms with van der Waals surface area (Å²) < 4.78 is 14.9. The van der Waals surface area contributed by atoms with Crippen LogP contribution in [0, 0.1) is 0 Å². The van der Waals surface area contributed by atoms with Gasteiger partial charge in [-0.25, -0.2) is 9.59 Å². The van der Waals surface area contributed by atoms with Crippen LogP contribution in [0.5, 0.6) is 5.75 Å². The van der Waals surface area contributed by atoms with Crippen molar-refractivity contribution in [2.75, 3.05) is 40.4 Å². The summed E-state index contributed by atoms with van der Waals surface area (Å²) in [5, 5.41) is 0. The Labute approximate surface area is 227 Å². The van der Waals surface area contributed by atoms with E-state index in [1.807, 2.05) is 73.1 Å². The van der Waals surface area contributed by atoms with Crippen molar-refractivity contribution in [3.05, 3.63) is 113 Å². The highest BCUT2D eigenvalue weighted by Gasteiger charge is 2.14. The summed E-state index contributed by atoms with van der Waals surface area (Å²) in [6.45, 7) is 3.25. The highest BCUT2D eigenvalue weighted by Crippen LogP contribution is 2.21. The first-order chi connectivity index (χ1) is 18.6. The number of esters is 2. The van der Waals surface area contributed by atoms with Crippen molar-refractivity contribution in [3.63, 3.8) is 0 Å². The molecule has 2 aromatic carbocycles. The first-order valence-electron chi connectivity index (χ1n) is 12.1. The van der Waals surface area contributed by atoms with Crippen molar-refractivity contribution in [3.8, 4) is 5.75 Å².